The minimum atomic E-state index is -4.54. The smallest absolute Gasteiger partial charge is 0.416 e. The molecule has 0 atom stereocenters. The van der Waals surface area contributed by atoms with Crippen LogP contribution in [0.3, 0.4) is 0 Å². The number of hydrogen-bond acceptors (Lipinski definition) is 5. The van der Waals surface area contributed by atoms with E-state index in [9.17, 15) is 27.6 Å². The molecule has 0 aromatic heterocycles. The third kappa shape index (κ3) is 8.95. The Bertz CT molecular complexity index is 1290. The Morgan fingerprint density at radius 3 is 2.13 bits per heavy atom. The van der Waals surface area contributed by atoms with Gasteiger partial charge in [0.05, 0.1) is 5.56 Å². The van der Waals surface area contributed by atoms with Crippen molar-refractivity contribution in [2.24, 2.45) is 0 Å². The van der Waals surface area contributed by atoms with Gasteiger partial charge in [0.2, 0.25) is 5.91 Å². The molecule has 10 heteroatoms. The number of nitrogens with one attached hydrogen (secondary N) is 2. The zero-order chi connectivity index (χ0) is 27.7. The molecule has 0 aliphatic carbocycles. The summed E-state index contributed by atoms with van der Waals surface area (Å²) >= 11 is 0. The van der Waals surface area contributed by atoms with E-state index in [2.05, 4.69) is 10.6 Å². The molecule has 0 heterocycles. The van der Waals surface area contributed by atoms with Gasteiger partial charge in [-0.05, 0) is 86.0 Å². The lowest BCUT2D eigenvalue weighted by molar-refractivity contribution is -0.147. The molecule has 0 aliphatic heterocycles. The highest BCUT2D eigenvalue weighted by atomic mass is 19.4. The average Bonchev–Trinajstić information content (AvgIpc) is 2.86. The van der Waals surface area contributed by atoms with Gasteiger partial charge < -0.3 is 20.1 Å². The molecule has 7 nitrogen and oxygen atoms in total. The standard InChI is InChI=1S/C28H27F3N2O5/c1-18-9-12-24(15-19(18)2)38-23-13-10-21(11-14-23)32-25(34)7-4-8-27(36)37-17-26(35)33-22-6-3-5-20(16-22)28(29,30)31/h3,5-6,9-16H,4,7-8,17H2,1-2H3,(H,32,34)(H,33,35). The molecule has 200 valence electrons. The predicted molar refractivity (Wildman–Crippen MR) is 136 cm³/mol. The van der Waals surface area contributed by atoms with Crippen LogP contribution >= 0.6 is 0 Å². The Morgan fingerprint density at radius 2 is 1.45 bits per heavy atom. The topological polar surface area (TPSA) is 93.7 Å². The van der Waals surface area contributed by atoms with Crippen LogP contribution in [0.15, 0.2) is 66.7 Å². The molecule has 0 saturated carbocycles. The average molecular weight is 529 g/mol. The summed E-state index contributed by atoms with van der Waals surface area (Å²) in [5.41, 5.74) is 1.88. The third-order valence-corrected chi connectivity index (χ3v) is 5.47. The van der Waals surface area contributed by atoms with E-state index < -0.39 is 30.2 Å². The van der Waals surface area contributed by atoms with Crippen molar-refractivity contribution in [1.29, 1.82) is 0 Å². The molecule has 0 spiro atoms. The molecule has 0 unspecified atom stereocenters. The van der Waals surface area contributed by atoms with Crippen molar-refractivity contribution < 1.29 is 37.0 Å². The molecule has 0 fully saturated rings. The molecule has 0 aliphatic rings. The molecule has 38 heavy (non-hydrogen) atoms. The van der Waals surface area contributed by atoms with Gasteiger partial charge in [0.15, 0.2) is 6.61 Å². The summed E-state index contributed by atoms with van der Waals surface area (Å²) in [6.45, 7) is 3.37. The van der Waals surface area contributed by atoms with E-state index in [-0.39, 0.29) is 30.9 Å². The number of anilines is 2. The molecule has 3 aromatic carbocycles. The Morgan fingerprint density at radius 1 is 0.763 bits per heavy atom. The summed E-state index contributed by atoms with van der Waals surface area (Å²) in [7, 11) is 0. The summed E-state index contributed by atoms with van der Waals surface area (Å²) in [6, 6.07) is 16.8. The van der Waals surface area contributed by atoms with Crippen molar-refractivity contribution in [3.8, 4) is 11.5 Å². The molecule has 2 N–H and O–H groups in total. The quantitative estimate of drug-likeness (QED) is 0.297. The molecule has 0 bridgehead atoms. The number of hydrogen-bond donors (Lipinski definition) is 2. The fraction of sp³-hybridized carbons (Fsp3) is 0.250. The number of carbonyl (C=O) groups excluding carboxylic acids is 3. The maximum Gasteiger partial charge on any atom is 0.416 e. The summed E-state index contributed by atoms with van der Waals surface area (Å²) < 4.78 is 48.9. The highest BCUT2D eigenvalue weighted by Crippen LogP contribution is 2.30. The normalized spacial score (nSPS) is 11.0. The van der Waals surface area contributed by atoms with Crippen LogP contribution in [0.1, 0.15) is 36.0 Å². The van der Waals surface area contributed by atoms with Gasteiger partial charge in [-0.25, -0.2) is 0 Å². The number of rotatable bonds is 10. The van der Waals surface area contributed by atoms with E-state index in [1.807, 2.05) is 32.0 Å². The number of ether oxygens (including phenoxy) is 2. The number of alkyl halides is 3. The SMILES string of the molecule is Cc1ccc(Oc2ccc(NC(=O)CCCC(=O)OCC(=O)Nc3cccc(C(F)(F)F)c3)cc2)cc1C. The lowest BCUT2D eigenvalue weighted by Crippen LogP contribution is -2.21. The maximum absolute atomic E-state index is 12.8. The monoisotopic (exact) mass is 528 g/mol. The van der Waals surface area contributed by atoms with Gasteiger partial charge in [0.1, 0.15) is 11.5 Å². The first-order valence-corrected chi connectivity index (χ1v) is 11.8. The van der Waals surface area contributed by atoms with Crippen molar-refractivity contribution in [3.63, 3.8) is 0 Å². The van der Waals surface area contributed by atoms with Crippen molar-refractivity contribution in [1.82, 2.24) is 0 Å². The lowest BCUT2D eigenvalue weighted by Gasteiger charge is -2.10. The summed E-state index contributed by atoms with van der Waals surface area (Å²) in [5, 5.41) is 4.97. The molecule has 2 amide bonds. The summed E-state index contributed by atoms with van der Waals surface area (Å²) in [5.74, 6) is -0.455. The minimum absolute atomic E-state index is 0.0480. The largest absolute Gasteiger partial charge is 0.457 e. The number of benzene rings is 3. The Kier molecular flexibility index (Phi) is 9.48. The highest BCUT2D eigenvalue weighted by Gasteiger charge is 2.30. The van der Waals surface area contributed by atoms with Gasteiger partial charge in [-0.2, -0.15) is 13.2 Å². The van der Waals surface area contributed by atoms with Gasteiger partial charge in [-0.1, -0.05) is 12.1 Å². The van der Waals surface area contributed by atoms with Gasteiger partial charge >= 0.3 is 12.1 Å². The molecular weight excluding hydrogens is 501 g/mol. The zero-order valence-electron chi connectivity index (χ0n) is 20.9. The van der Waals surface area contributed by atoms with E-state index in [0.717, 1.165) is 23.8 Å². The van der Waals surface area contributed by atoms with Crippen LogP contribution in [-0.2, 0) is 25.3 Å². The predicted octanol–water partition coefficient (Wildman–Crippen LogP) is 6.41. The molecule has 0 saturated heterocycles. The van der Waals surface area contributed by atoms with Crippen molar-refractivity contribution >= 4 is 29.2 Å². The van der Waals surface area contributed by atoms with Crippen LogP contribution in [0.25, 0.3) is 0 Å². The van der Waals surface area contributed by atoms with Gasteiger partial charge in [0, 0.05) is 24.2 Å². The van der Waals surface area contributed by atoms with Crippen molar-refractivity contribution in [2.75, 3.05) is 17.2 Å². The summed E-state index contributed by atoms with van der Waals surface area (Å²) in [6.07, 6.45) is -4.41. The zero-order valence-corrected chi connectivity index (χ0v) is 20.9. The van der Waals surface area contributed by atoms with Gasteiger partial charge in [-0.3, -0.25) is 14.4 Å². The molecule has 3 rings (SSSR count). The van der Waals surface area contributed by atoms with E-state index in [1.54, 1.807) is 24.3 Å². The number of aryl methyl sites for hydroxylation is 2. The van der Waals surface area contributed by atoms with Gasteiger partial charge in [0.25, 0.3) is 5.91 Å². The van der Waals surface area contributed by atoms with Crippen molar-refractivity contribution in [2.45, 2.75) is 39.3 Å². The fourth-order valence-electron chi connectivity index (χ4n) is 3.33. The van der Waals surface area contributed by atoms with E-state index >= 15 is 0 Å². The second-order valence-corrected chi connectivity index (χ2v) is 8.56. The van der Waals surface area contributed by atoms with E-state index in [1.165, 1.54) is 11.6 Å². The van der Waals surface area contributed by atoms with E-state index in [0.29, 0.717) is 17.2 Å². The van der Waals surface area contributed by atoms with Crippen LogP contribution in [-0.4, -0.2) is 24.4 Å². The number of carbonyl (C=O) groups is 3. The Balaban J connectivity index is 1.35. The third-order valence-electron chi connectivity index (χ3n) is 5.47. The summed E-state index contributed by atoms with van der Waals surface area (Å²) in [4.78, 5) is 35.9. The van der Waals surface area contributed by atoms with Crippen molar-refractivity contribution in [3.05, 3.63) is 83.4 Å². The minimum Gasteiger partial charge on any atom is -0.457 e. The Hall–Kier alpha value is -4.34. The van der Waals surface area contributed by atoms with Crippen LogP contribution in [0.5, 0.6) is 11.5 Å². The first kappa shape index (κ1) is 28.2. The molecular formula is C28H27F3N2O5. The van der Waals surface area contributed by atoms with Crippen LogP contribution in [0, 0.1) is 13.8 Å². The second kappa shape index (κ2) is 12.8. The number of amides is 2. The van der Waals surface area contributed by atoms with E-state index in [4.69, 9.17) is 9.47 Å². The lowest BCUT2D eigenvalue weighted by atomic mass is 10.1. The number of esters is 1. The Labute approximate surface area is 218 Å². The first-order valence-electron chi connectivity index (χ1n) is 11.8. The maximum atomic E-state index is 12.8. The number of halogens is 3. The second-order valence-electron chi connectivity index (χ2n) is 8.56. The first-order chi connectivity index (χ1) is 18.0. The highest BCUT2D eigenvalue weighted by molar-refractivity contribution is 5.93. The van der Waals surface area contributed by atoms with Crippen LogP contribution in [0.4, 0.5) is 24.5 Å². The van der Waals surface area contributed by atoms with Crippen LogP contribution < -0.4 is 15.4 Å². The fourth-order valence-corrected chi connectivity index (χ4v) is 3.33. The van der Waals surface area contributed by atoms with Crippen LogP contribution in [0.2, 0.25) is 0 Å². The van der Waals surface area contributed by atoms with Gasteiger partial charge in [-0.15, -0.1) is 0 Å². The molecule has 0 radical (unpaired) electrons. The molecule has 3 aromatic rings.